The monoisotopic (exact) mass is 1360 g/mol. The van der Waals surface area contributed by atoms with Crippen molar-refractivity contribution in [1.82, 2.24) is 54.4 Å². The summed E-state index contributed by atoms with van der Waals surface area (Å²) in [4.78, 5) is 92.8. The fourth-order valence-corrected chi connectivity index (χ4v) is 9.82. The molecule has 0 aliphatic heterocycles. The molecule has 0 atom stereocenters. The van der Waals surface area contributed by atoms with E-state index in [9.17, 15) is 19.2 Å². The molecule has 13 rings (SSSR count). The van der Waals surface area contributed by atoms with Crippen LogP contribution in [0.15, 0.2) is 226 Å². The summed E-state index contributed by atoms with van der Waals surface area (Å²) in [5, 5.41) is 12.3. The summed E-state index contributed by atoms with van der Waals surface area (Å²) in [5.74, 6) is 0.779. The highest BCUT2D eigenvalue weighted by Gasteiger charge is 2.21. The zero-order valence-corrected chi connectivity index (χ0v) is 55.8. The van der Waals surface area contributed by atoms with E-state index in [2.05, 4.69) is 71.1 Å². The Bertz CT molecular complexity index is 5110. The van der Waals surface area contributed by atoms with E-state index >= 15 is 0 Å². The maximum atomic E-state index is 12.8. The van der Waals surface area contributed by atoms with Gasteiger partial charge in [0.05, 0.1) is 98.8 Å². The molecule has 0 spiro atoms. The molecule has 13 aromatic rings. The van der Waals surface area contributed by atoms with Crippen LogP contribution < -0.4 is 57.4 Å². The quantitative estimate of drug-likeness (QED) is 0.0472. The highest BCUT2D eigenvalue weighted by Crippen LogP contribution is 2.32. The van der Waals surface area contributed by atoms with E-state index in [1.165, 1.54) is 26.6 Å². The number of fused-ring (bicyclic) bond motifs is 1. The number of nitrogens with two attached hydrogens (primary N) is 3. The van der Waals surface area contributed by atoms with Crippen molar-refractivity contribution in [2.24, 2.45) is 7.05 Å². The third kappa shape index (κ3) is 17.7. The van der Waals surface area contributed by atoms with Crippen molar-refractivity contribution in [2.45, 2.75) is 13.8 Å². The van der Waals surface area contributed by atoms with Crippen LogP contribution in [0.5, 0.6) is 23.0 Å². The van der Waals surface area contributed by atoms with Crippen LogP contribution in [0, 0.1) is 13.8 Å². The van der Waals surface area contributed by atoms with Crippen molar-refractivity contribution < 1.29 is 46.7 Å². The largest absolute Gasteiger partial charge is 0.497 e. The van der Waals surface area contributed by atoms with E-state index in [4.69, 9.17) is 36.1 Å². The number of benzene rings is 6. The first-order valence-electron chi connectivity index (χ1n) is 30.9. The van der Waals surface area contributed by atoms with Gasteiger partial charge in [0.1, 0.15) is 28.7 Å². The van der Waals surface area contributed by atoms with Gasteiger partial charge in [-0.15, -0.1) is 0 Å². The number of anilines is 7. The van der Waals surface area contributed by atoms with Crippen molar-refractivity contribution in [3.8, 4) is 68.0 Å². The van der Waals surface area contributed by atoms with Crippen LogP contribution in [0.25, 0.3) is 55.9 Å². The molecule has 26 heteroatoms. The van der Waals surface area contributed by atoms with Gasteiger partial charge in [-0.1, -0.05) is 84.9 Å². The van der Waals surface area contributed by atoms with Crippen molar-refractivity contribution in [1.29, 1.82) is 0 Å². The van der Waals surface area contributed by atoms with E-state index in [1.54, 1.807) is 113 Å². The van der Waals surface area contributed by atoms with Gasteiger partial charge >= 0.3 is 0 Å². The number of nitrogen functional groups attached to an aromatic ring is 3. The SMILES string of the molecule is COc1ccc(C)cc1NC(=O)c1nc(-c2cccnc2)cnc1N.COc1ccc(OC)c(NC(=O)c2nc(-c3ccccc3)cnc2C)c1.COc1ccccc1NC(=O)c1nc(-c2ccccc2)cnc1N.Cn1ccc2ccc(NC(=O)c3nc(-c4cccnc4)cnc3N)cc21.[HH].[HH].[HH].[HH].[HH].[HH]. The molecule has 4 amide bonds. The van der Waals surface area contributed by atoms with E-state index in [-0.39, 0.29) is 54.7 Å². The molecule has 0 bridgehead atoms. The third-order valence-electron chi connectivity index (χ3n) is 15.0. The minimum atomic E-state index is -0.459. The topological polar surface area (TPSA) is 365 Å². The lowest BCUT2D eigenvalue weighted by Gasteiger charge is -2.12. The van der Waals surface area contributed by atoms with Crippen LogP contribution in [0.3, 0.4) is 0 Å². The first-order chi connectivity index (χ1) is 49.0. The fraction of sp³-hybridized carbons (Fsp3) is 0.0933. The lowest BCUT2D eigenvalue weighted by Crippen LogP contribution is -2.17. The maximum Gasteiger partial charge on any atom is 0.278 e. The Kier molecular flexibility index (Phi) is 22.9. The van der Waals surface area contributed by atoms with E-state index in [0.717, 1.165) is 38.7 Å². The van der Waals surface area contributed by atoms with Crippen LogP contribution in [-0.2, 0) is 7.05 Å². The zero-order valence-electron chi connectivity index (χ0n) is 55.8. The maximum absolute atomic E-state index is 12.8. The molecule has 0 aliphatic rings. The average molecular weight is 1360 g/mol. The number of ether oxygens (including phenoxy) is 4. The predicted octanol–water partition coefficient (Wildman–Crippen LogP) is 13.7. The summed E-state index contributed by atoms with van der Waals surface area (Å²) in [7, 11) is 8.13. The number of para-hydroxylation sites is 2. The fourth-order valence-electron chi connectivity index (χ4n) is 9.82. The number of nitrogens with zero attached hydrogens (tertiary/aromatic N) is 11. The second-order valence-electron chi connectivity index (χ2n) is 21.9. The van der Waals surface area contributed by atoms with Crippen molar-refractivity contribution in [3.05, 3.63) is 260 Å². The molecule has 10 N–H and O–H groups in total. The lowest BCUT2D eigenvalue weighted by molar-refractivity contribution is 0.101. The molecule has 0 radical (unpaired) electrons. The van der Waals surface area contributed by atoms with E-state index < -0.39 is 17.7 Å². The lowest BCUT2D eigenvalue weighted by atomic mass is 10.1. The first-order valence-corrected chi connectivity index (χ1v) is 30.9. The summed E-state index contributed by atoms with van der Waals surface area (Å²) in [6.45, 7) is 3.67. The number of carbonyl (C=O) groups excluding carboxylic acids is 4. The summed E-state index contributed by atoms with van der Waals surface area (Å²) in [6.07, 6.45) is 14.8. The first kappa shape index (κ1) is 69.8. The minimum Gasteiger partial charge on any atom is -0.497 e. The van der Waals surface area contributed by atoms with Crippen molar-refractivity contribution in [3.63, 3.8) is 0 Å². The van der Waals surface area contributed by atoms with Crippen LogP contribution in [0.4, 0.5) is 40.2 Å². The second kappa shape index (κ2) is 33.1. The Morgan fingerprint density at radius 2 is 0.842 bits per heavy atom. The number of amides is 4. The zero-order chi connectivity index (χ0) is 71.4. The molecule has 6 aromatic carbocycles. The van der Waals surface area contributed by atoms with E-state index in [1.807, 2.05) is 140 Å². The normalized spacial score (nSPS) is 10.4. The van der Waals surface area contributed by atoms with Gasteiger partial charge < -0.3 is 62.0 Å². The third-order valence-corrected chi connectivity index (χ3v) is 15.0. The van der Waals surface area contributed by atoms with Gasteiger partial charge in [0.15, 0.2) is 34.5 Å². The van der Waals surface area contributed by atoms with Crippen LogP contribution in [0.1, 0.15) is 61.8 Å². The minimum absolute atomic E-state index is 0. The molecule has 0 saturated carbocycles. The summed E-state index contributed by atoms with van der Waals surface area (Å²) in [5.41, 5.74) is 28.3. The molecule has 7 heterocycles. The van der Waals surface area contributed by atoms with Crippen LogP contribution >= 0.6 is 0 Å². The molecule has 26 nitrogen and oxygen atoms in total. The number of pyridine rings is 2. The molecular weight excluding hydrogens is 1280 g/mol. The standard InChI is InChI=1S/C20H19N3O3.C19H16N6O.C18H17N5O2.C18H16N4O2.6H2/c1-13-19(22-17(12-21-13)14-7-5-4-6-8-14)20(24)23-16-11-15(25-2)9-10-18(16)26-3;1-25-8-6-12-4-5-14(9-16(12)25)23-19(26)17-18(20)22-11-15(24-17)13-3-2-7-21-10-13;1-11-5-6-15(25-2)13(8-11)23-18(24)16-17(19)21-10-14(22-16)12-4-3-7-20-9-12;1-24-15-10-6-5-9-13(15)22-18(23)16-17(19)20-11-14(21-16)12-7-3-2-4-8-12;;;;;;/h4-12H,1-3H3,(H,23,24);2-11H,1H3,(H2,20,22)(H,23,26);3-10H,1-2H3,(H2,19,21)(H,23,24);2-11H,1H3,(H2,19,20)(H,22,23);6*1H. The highest BCUT2D eigenvalue weighted by molar-refractivity contribution is 6.09. The molecule has 7 aromatic heterocycles. The molecule has 0 saturated heterocycles. The van der Waals surface area contributed by atoms with Gasteiger partial charge in [-0.2, -0.15) is 0 Å². The Hall–Kier alpha value is -14.0. The van der Waals surface area contributed by atoms with Crippen molar-refractivity contribution >= 4 is 74.7 Å². The number of aromatic nitrogens is 11. The smallest absolute Gasteiger partial charge is 0.278 e. The predicted molar refractivity (Wildman–Crippen MR) is 401 cm³/mol. The van der Waals surface area contributed by atoms with Gasteiger partial charge in [-0.25, -0.2) is 34.9 Å². The number of aryl methyl sites for hydroxylation is 3. The van der Waals surface area contributed by atoms with E-state index in [0.29, 0.717) is 74.2 Å². The Balaban J connectivity index is 0.000000296. The Morgan fingerprint density at radius 1 is 0.406 bits per heavy atom. The molecule has 518 valence electrons. The Labute approximate surface area is 589 Å². The van der Waals surface area contributed by atoms with Crippen LogP contribution in [-0.4, -0.2) is 106 Å². The van der Waals surface area contributed by atoms with Crippen LogP contribution in [0.2, 0.25) is 0 Å². The van der Waals surface area contributed by atoms with Gasteiger partial charge in [0, 0.05) is 86.1 Å². The van der Waals surface area contributed by atoms with Crippen molar-refractivity contribution in [2.75, 3.05) is 66.9 Å². The number of methoxy groups -OCH3 is 4. The Morgan fingerprint density at radius 3 is 1.36 bits per heavy atom. The molecular formula is C75H80N18O8. The molecule has 0 unspecified atom stereocenters. The summed E-state index contributed by atoms with van der Waals surface area (Å²) in [6, 6.07) is 51.8. The molecule has 0 fully saturated rings. The number of hydrogen-bond donors (Lipinski definition) is 7. The summed E-state index contributed by atoms with van der Waals surface area (Å²) >= 11 is 0. The second-order valence-corrected chi connectivity index (χ2v) is 21.9. The number of nitrogens with one attached hydrogen (secondary N) is 4. The molecule has 0 aliphatic carbocycles. The number of rotatable bonds is 16. The van der Waals surface area contributed by atoms with Gasteiger partial charge in [-0.05, 0) is 104 Å². The molecule has 101 heavy (non-hydrogen) atoms. The number of hydrogen-bond acceptors (Lipinski definition) is 21. The van der Waals surface area contributed by atoms with Gasteiger partial charge in [0.2, 0.25) is 0 Å². The number of carbonyl (C=O) groups is 4. The summed E-state index contributed by atoms with van der Waals surface area (Å²) < 4.78 is 23.0. The highest BCUT2D eigenvalue weighted by atomic mass is 16.5. The van der Waals surface area contributed by atoms with Gasteiger partial charge in [0.25, 0.3) is 23.6 Å². The van der Waals surface area contributed by atoms with Gasteiger partial charge in [-0.3, -0.25) is 34.1 Å². The average Bonchev–Trinajstić information content (AvgIpc) is 1.44.